The second-order valence-electron chi connectivity index (χ2n) is 2.96. The number of rotatable bonds is 6. The zero-order valence-corrected chi connectivity index (χ0v) is 8.96. The maximum atomic E-state index is 6.06. The van der Waals surface area contributed by atoms with Gasteiger partial charge in [0.1, 0.15) is 0 Å². The number of unbranched alkanes of at least 4 members (excludes halogenated alkanes) is 1. The van der Waals surface area contributed by atoms with Gasteiger partial charge in [-0.2, -0.15) is 0 Å². The SMILES string of the molecule is CCCCC(Cl)C(Cl)CCC. The fourth-order valence-electron chi connectivity index (χ4n) is 1.04. The fourth-order valence-corrected chi connectivity index (χ4v) is 1.66. The molecule has 0 aliphatic heterocycles. The van der Waals surface area contributed by atoms with Crippen LogP contribution in [0, 0.1) is 0 Å². The molecule has 0 saturated heterocycles. The third-order valence-electron chi connectivity index (χ3n) is 1.79. The summed E-state index contributed by atoms with van der Waals surface area (Å²) in [5.74, 6) is 0. The minimum absolute atomic E-state index is 0.174. The van der Waals surface area contributed by atoms with Gasteiger partial charge in [-0.05, 0) is 12.8 Å². The Morgan fingerprint density at radius 2 is 1.45 bits per heavy atom. The third kappa shape index (κ3) is 5.81. The molecule has 0 bridgehead atoms. The van der Waals surface area contributed by atoms with Crippen LogP contribution in [0.15, 0.2) is 0 Å². The maximum Gasteiger partial charge on any atom is 0.0499 e. The molecular weight excluding hydrogens is 179 g/mol. The lowest BCUT2D eigenvalue weighted by atomic mass is 10.1. The van der Waals surface area contributed by atoms with Crippen LogP contribution in [0.5, 0.6) is 0 Å². The number of hydrogen-bond donors (Lipinski definition) is 0. The molecule has 2 heteroatoms. The van der Waals surface area contributed by atoms with Gasteiger partial charge < -0.3 is 0 Å². The summed E-state index contributed by atoms with van der Waals surface area (Å²) in [6.45, 7) is 4.31. The first-order chi connectivity index (χ1) is 5.22. The van der Waals surface area contributed by atoms with E-state index in [9.17, 15) is 0 Å². The van der Waals surface area contributed by atoms with Crippen molar-refractivity contribution in [2.75, 3.05) is 0 Å². The summed E-state index contributed by atoms with van der Waals surface area (Å²) < 4.78 is 0. The van der Waals surface area contributed by atoms with E-state index in [1.165, 1.54) is 12.8 Å². The van der Waals surface area contributed by atoms with Crippen molar-refractivity contribution in [3.63, 3.8) is 0 Å². The van der Waals surface area contributed by atoms with E-state index in [1.54, 1.807) is 0 Å². The van der Waals surface area contributed by atoms with Gasteiger partial charge in [-0.1, -0.05) is 33.1 Å². The highest BCUT2D eigenvalue weighted by Gasteiger charge is 2.14. The van der Waals surface area contributed by atoms with E-state index in [2.05, 4.69) is 13.8 Å². The van der Waals surface area contributed by atoms with Crippen LogP contribution in [0.3, 0.4) is 0 Å². The zero-order valence-electron chi connectivity index (χ0n) is 7.45. The molecule has 0 fully saturated rings. The average molecular weight is 197 g/mol. The van der Waals surface area contributed by atoms with Crippen molar-refractivity contribution in [1.82, 2.24) is 0 Å². The highest BCUT2D eigenvalue weighted by Crippen LogP contribution is 2.20. The quantitative estimate of drug-likeness (QED) is 0.560. The molecule has 0 nitrogen and oxygen atoms in total. The monoisotopic (exact) mass is 196 g/mol. The molecule has 0 amide bonds. The second-order valence-corrected chi connectivity index (χ2v) is 4.08. The van der Waals surface area contributed by atoms with Gasteiger partial charge in [-0.25, -0.2) is 0 Å². The van der Waals surface area contributed by atoms with Crippen LogP contribution in [0.4, 0.5) is 0 Å². The number of hydrogen-bond acceptors (Lipinski definition) is 0. The van der Waals surface area contributed by atoms with Crippen molar-refractivity contribution in [1.29, 1.82) is 0 Å². The lowest BCUT2D eigenvalue weighted by molar-refractivity contribution is 0.616. The van der Waals surface area contributed by atoms with Crippen LogP contribution in [-0.2, 0) is 0 Å². The van der Waals surface area contributed by atoms with E-state index in [-0.39, 0.29) is 10.8 Å². The Morgan fingerprint density at radius 1 is 0.909 bits per heavy atom. The van der Waals surface area contributed by atoms with Gasteiger partial charge in [0, 0.05) is 10.8 Å². The molecule has 0 spiro atoms. The van der Waals surface area contributed by atoms with Crippen LogP contribution in [-0.4, -0.2) is 10.8 Å². The molecule has 2 atom stereocenters. The lowest BCUT2D eigenvalue weighted by Crippen LogP contribution is -2.14. The van der Waals surface area contributed by atoms with Crippen LogP contribution in [0.2, 0.25) is 0 Å². The van der Waals surface area contributed by atoms with Crippen molar-refractivity contribution >= 4 is 23.2 Å². The van der Waals surface area contributed by atoms with Crippen molar-refractivity contribution in [3.05, 3.63) is 0 Å². The van der Waals surface area contributed by atoms with Gasteiger partial charge in [0.15, 0.2) is 0 Å². The molecule has 0 saturated carbocycles. The standard InChI is InChI=1S/C9H18Cl2/c1-3-5-7-9(11)8(10)6-4-2/h8-9H,3-7H2,1-2H3. The Kier molecular flexibility index (Phi) is 7.62. The predicted octanol–water partition coefficient (Wildman–Crippen LogP) is 4.19. The minimum atomic E-state index is 0.174. The topological polar surface area (TPSA) is 0 Å². The minimum Gasteiger partial charge on any atom is -0.121 e. The second kappa shape index (κ2) is 7.24. The summed E-state index contributed by atoms with van der Waals surface area (Å²) in [7, 11) is 0. The molecule has 0 aromatic carbocycles. The molecule has 0 aromatic rings. The summed E-state index contributed by atoms with van der Waals surface area (Å²) in [6, 6.07) is 0. The molecule has 2 unspecified atom stereocenters. The van der Waals surface area contributed by atoms with E-state index in [0.29, 0.717) is 0 Å². The molecule has 68 valence electrons. The normalized spacial score (nSPS) is 16.4. The molecule has 0 aromatic heterocycles. The highest BCUT2D eigenvalue weighted by molar-refractivity contribution is 6.29. The molecule has 0 aliphatic rings. The Balaban J connectivity index is 3.38. The van der Waals surface area contributed by atoms with Gasteiger partial charge in [-0.3, -0.25) is 0 Å². The summed E-state index contributed by atoms with van der Waals surface area (Å²) >= 11 is 12.1. The molecule has 11 heavy (non-hydrogen) atoms. The van der Waals surface area contributed by atoms with Crippen molar-refractivity contribution < 1.29 is 0 Å². The molecule has 0 heterocycles. The molecule has 0 aliphatic carbocycles. The number of alkyl halides is 2. The van der Waals surface area contributed by atoms with E-state index in [4.69, 9.17) is 23.2 Å². The van der Waals surface area contributed by atoms with Crippen LogP contribution >= 0.6 is 23.2 Å². The van der Waals surface area contributed by atoms with Gasteiger partial charge in [0.25, 0.3) is 0 Å². The van der Waals surface area contributed by atoms with Crippen LogP contribution in [0.1, 0.15) is 46.0 Å². The van der Waals surface area contributed by atoms with Gasteiger partial charge in [0.05, 0.1) is 0 Å². The third-order valence-corrected chi connectivity index (χ3v) is 2.96. The van der Waals surface area contributed by atoms with Crippen molar-refractivity contribution in [3.8, 4) is 0 Å². The smallest absolute Gasteiger partial charge is 0.0499 e. The van der Waals surface area contributed by atoms with Crippen molar-refractivity contribution in [2.24, 2.45) is 0 Å². The highest BCUT2D eigenvalue weighted by atomic mass is 35.5. The number of halogens is 2. The summed E-state index contributed by atoms with van der Waals surface area (Å²) in [4.78, 5) is 0. The molecule has 0 N–H and O–H groups in total. The Morgan fingerprint density at radius 3 is 1.91 bits per heavy atom. The predicted molar refractivity (Wildman–Crippen MR) is 53.7 cm³/mol. The van der Waals surface area contributed by atoms with Gasteiger partial charge in [-0.15, -0.1) is 23.2 Å². The molecule has 0 radical (unpaired) electrons. The average Bonchev–Trinajstić information content (AvgIpc) is 2.00. The van der Waals surface area contributed by atoms with E-state index in [0.717, 1.165) is 19.3 Å². The first-order valence-electron chi connectivity index (χ1n) is 4.50. The first kappa shape index (κ1) is 11.6. The Labute approximate surface area is 80.3 Å². The largest absolute Gasteiger partial charge is 0.121 e. The first-order valence-corrected chi connectivity index (χ1v) is 5.37. The summed E-state index contributed by atoms with van der Waals surface area (Å²) in [5.41, 5.74) is 0. The zero-order chi connectivity index (χ0) is 8.69. The van der Waals surface area contributed by atoms with Crippen LogP contribution in [0.25, 0.3) is 0 Å². The Bertz CT molecular complexity index is 83.6. The molecular formula is C9H18Cl2. The summed E-state index contributed by atoms with van der Waals surface area (Å²) in [5, 5.41) is 0.352. The maximum absolute atomic E-state index is 6.06. The lowest BCUT2D eigenvalue weighted by Gasteiger charge is -2.14. The van der Waals surface area contributed by atoms with E-state index in [1.807, 2.05) is 0 Å². The Hall–Kier alpha value is 0.580. The van der Waals surface area contributed by atoms with E-state index >= 15 is 0 Å². The van der Waals surface area contributed by atoms with Crippen molar-refractivity contribution in [2.45, 2.75) is 56.7 Å². The molecule has 0 rings (SSSR count). The fraction of sp³-hybridized carbons (Fsp3) is 1.00. The van der Waals surface area contributed by atoms with E-state index < -0.39 is 0 Å². The summed E-state index contributed by atoms with van der Waals surface area (Å²) in [6.07, 6.45) is 5.63. The van der Waals surface area contributed by atoms with Gasteiger partial charge in [0.2, 0.25) is 0 Å². The van der Waals surface area contributed by atoms with Crippen LogP contribution < -0.4 is 0 Å². The van der Waals surface area contributed by atoms with Gasteiger partial charge >= 0.3 is 0 Å².